The number of sulfonamides is 1. The lowest BCUT2D eigenvalue weighted by Crippen LogP contribution is -2.46. The van der Waals surface area contributed by atoms with E-state index >= 15 is 0 Å². The number of anilines is 1. The lowest BCUT2D eigenvalue weighted by atomic mass is 10.1. The number of hydrogen-bond donors (Lipinski definition) is 2. The average molecular weight is 301 g/mol. The van der Waals surface area contributed by atoms with E-state index in [0.29, 0.717) is 12.4 Å². The molecule has 2 N–H and O–H groups in total. The van der Waals surface area contributed by atoms with Gasteiger partial charge in [0.2, 0.25) is 10.0 Å². The maximum atomic E-state index is 12.5. The van der Waals surface area contributed by atoms with Gasteiger partial charge < -0.3 is 10.1 Å². The summed E-state index contributed by atoms with van der Waals surface area (Å²) in [5, 5.41) is 3.03. The van der Waals surface area contributed by atoms with E-state index in [1.54, 1.807) is 26.1 Å². The van der Waals surface area contributed by atoms with Gasteiger partial charge in [-0.25, -0.2) is 18.1 Å². The van der Waals surface area contributed by atoms with Crippen molar-refractivity contribution in [3.8, 4) is 0 Å². The molecule has 0 aromatic carbocycles. The van der Waals surface area contributed by atoms with E-state index in [0.717, 1.165) is 6.42 Å². The molecule has 0 saturated heterocycles. The van der Waals surface area contributed by atoms with Crippen molar-refractivity contribution in [1.82, 2.24) is 9.71 Å². The van der Waals surface area contributed by atoms with E-state index in [1.807, 2.05) is 6.92 Å². The van der Waals surface area contributed by atoms with Crippen LogP contribution in [0.25, 0.3) is 0 Å². The SMILES string of the molecule is CCCNc1ncccc1S(=O)(=O)NC(C)(C)COC. The van der Waals surface area contributed by atoms with Crippen LogP contribution in [0, 0.1) is 0 Å². The van der Waals surface area contributed by atoms with Crippen LogP contribution in [0.5, 0.6) is 0 Å². The highest BCUT2D eigenvalue weighted by Crippen LogP contribution is 2.20. The predicted octanol–water partition coefficient (Wildman–Crippen LogP) is 1.61. The Morgan fingerprint density at radius 3 is 2.70 bits per heavy atom. The molecule has 0 radical (unpaired) electrons. The van der Waals surface area contributed by atoms with Crippen LogP contribution >= 0.6 is 0 Å². The zero-order chi connectivity index (χ0) is 15.2. The van der Waals surface area contributed by atoms with Crippen molar-refractivity contribution in [3.63, 3.8) is 0 Å². The molecule has 0 aliphatic carbocycles. The van der Waals surface area contributed by atoms with Gasteiger partial charge >= 0.3 is 0 Å². The smallest absolute Gasteiger partial charge is 0.244 e. The van der Waals surface area contributed by atoms with Crippen molar-refractivity contribution in [2.45, 2.75) is 37.6 Å². The molecular weight excluding hydrogens is 278 g/mol. The molecule has 0 aliphatic heterocycles. The Morgan fingerprint density at radius 2 is 2.10 bits per heavy atom. The van der Waals surface area contributed by atoms with Gasteiger partial charge in [-0.2, -0.15) is 0 Å². The highest BCUT2D eigenvalue weighted by Gasteiger charge is 2.28. The van der Waals surface area contributed by atoms with E-state index in [4.69, 9.17) is 4.74 Å². The maximum absolute atomic E-state index is 12.5. The van der Waals surface area contributed by atoms with Crippen LogP contribution in [0.3, 0.4) is 0 Å². The highest BCUT2D eigenvalue weighted by molar-refractivity contribution is 7.89. The van der Waals surface area contributed by atoms with Crippen molar-refractivity contribution < 1.29 is 13.2 Å². The van der Waals surface area contributed by atoms with Gasteiger partial charge in [0.15, 0.2) is 0 Å². The fourth-order valence-electron chi connectivity index (χ4n) is 1.79. The van der Waals surface area contributed by atoms with Crippen LogP contribution in [0.4, 0.5) is 5.82 Å². The molecule has 0 fully saturated rings. The first-order valence-corrected chi connectivity index (χ1v) is 8.02. The molecule has 0 aliphatic rings. The molecule has 0 unspecified atom stereocenters. The topological polar surface area (TPSA) is 80.3 Å². The Bertz CT molecular complexity index is 529. The number of nitrogens with zero attached hydrogens (tertiary/aromatic N) is 1. The molecule has 114 valence electrons. The van der Waals surface area contributed by atoms with Crippen LogP contribution in [0.1, 0.15) is 27.2 Å². The normalized spacial score (nSPS) is 12.4. The summed E-state index contributed by atoms with van der Waals surface area (Å²) < 4.78 is 32.6. The number of ether oxygens (including phenoxy) is 1. The molecule has 6 nitrogen and oxygen atoms in total. The summed E-state index contributed by atoms with van der Waals surface area (Å²) in [6.07, 6.45) is 2.45. The number of pyridine rings is 1. The van der Waals surface area contributed by atoms with Crippen molar-refractivity contribution >= 4 is 15.8 Å². The molecule has 0 amide bonds. The lowest BCUT2D eigenvalue weighted by molar-refractivity contribution is 0.141. The predicted molar refractivity (Wildman–Crippen MR) is 79.3 cm³/mol. The van der Waals surface area contributed by atoms with E-state index in [2.05, 4.69) is 15.0 Å². The number of rotatable bonds is 8. The average Bonchev–Trinajstić information content (AvgIpc) is 2.35. The Morgan fingerprint density at radius 1 is 1.40 bits per heavy atom. The third-order valence-electron chi connectivity index (χ3n) is 2.52. The lowest BCUT2D eigenvalue weighted by Gasteiger charge is -2.25. The molecule has 1 aromatic rings. The molecule has 0 spiro atoms. The van der Waals surface area contributed by atoms with Crippen LogP contribution in [-0.4, -0.2) is 39.2 Å². The third kappa shape index (κ3) is 4.73. The second-order valence-corrected chi connectivity index (χ2v) is 6.85. The number of aromatic nitrogens is 1. The van der Waals surface area contributed by atoms with Crippen LogP contribution in [0.15, 0.2) is 23.2 Å². The minimum atomic E-state index is -3.66. The summed E-state index contributed by atoms with van der Waals surface area (Å²) in [4.78, 5) is 4.25. The second kappa shape index (κ2) is 7.01. The summed E-state index contributed by atoms with van der Waals surface area (Å²) in [5.41, 5.74) is -0.689. The van der Waals surface area contributed by atoms with Gasteiger partial charge in [0.1, 0.15) is 10.7 Å². The summed E-state index contributed by atoms with van der Waals surface area (Å²) in [6, 6.07) is 3.14. The van der Waals surface area contributed by atoms with Crippen LogP contribution < -0.4 is 10.0 Å². The zero-order valence-electron chi connectivity index (χ0n) is 12.4. The molecule has 20 heavy (non-hydrogen) atoms. The van der Waals surface area contributed by atoms with E-state index in [-0.39, 0.29) is 11.5 Å². The molecule has 1 aromatic heterocycles. The first-order valence-electron chi connectivity index (χ1n) is 6.54. The quantitative estimate of drug-likeness (QED) is 0.762. The van der Waals surface area contributed by atoms with Gasteiger partial charge in [-0.15, -0.1) is 0 Å². The third-order valence-corrected chi connectivity index (χ3v) is 4.25. The number of methoxy groups -OCH3 is 1. The first-order chi connectivity index (χ1) is 9.32. The monoisotopic (exact) mass is 301 g/mol. The van der Waals surface area contributed by atoms with Crippen LogP contribution in [0.2, 0.25) is 0 Å². The number of hydrogen-bond acceptors (Lipinski definition) is 5. The fraction of sp³-hybridized carbons (Fsp3) is 0.615. The molecule has 1 rings (SSSR count). The van der Waals surface area contributed by atoms with Gasteiger partial charge in [0, 0.05) is 19.9 Å². The van der Waals surface area contributed by atoms with E-state index < -0.39 is 15.6 Å². The van der Waals surface area contributed by atoms with Gasteiger partial charge in [0.25, 0.3) is 0 Å². The Kier molecular flexibility index (Phi) is 5.91. The minimum absolute atomic E-state index is 0.151. The summed E-state index contributed by atoms with van der Waals surface area (Å²) in [7, 11) is -2.12. The highest BCUT2D eigenvalue weighted by atomic mass is 32.2. The van der Waals surface area contributed by atoms with Gasteiger partial charge in [-0.3, -0.25) is 0 Å². The van der Waals surface area contributed by atoms with Crippen molar-refractivity contribution in [2.75, 3.05) is 25.6 Å². The molecule has 0 saturated carbocycles. The Balaban J connectivity index is 3.03. The Labute approximate surface area is 121 Å². The summed E-state index contributed by atoms with van der Waals surface area (Å²) >= 11 is 0. The molecule has 1 heterocycles. The van der Waals surface area contributed by atoms with Crippen molar-refractivity contribution in [3.05, 3.63) is 18.3 Å². The summed E-state index contributed by atoms with van der Waals surface area (Å²) in [6.45, 7) is 6.49. The van der Waals surface area contributed by atoms with E-state index in [9.17, 15) is 8.42 Å². The molecule has 0 bridgehead atoms. The fourth-order valence-corrected chi connectivity index (χ4v) is 3.33. The van der Waals surface area contributed by atoms with Crippen molar-refractivity contribution in [1.29, 1.82) is 0 Å². The minimum Gasteiger partial charge on any atom is -0.383 e. The van der Waals surface area contributed by atoms with Crippen molar-refractivity contribution in [2.24, 2.45) is 0 Å². The maximum Gasteiger partial charge on any atom is 0.244 e. The van der Waals surface area contributed by atoms with Crippen LogP contribution in [-0.2, 0) is 14.8 Å². The second-order valence-electron chi connectivity index (χ2n) is 5.20. The zero-order valence-corrected chi connectivity index (χ0v) is 13.3. The number of nitrogens with one attached hydrogen (secondary N) is 2. The van der Waals surface area contributed by atoms with Gasteiger partial charge in [0.05, 0.1) is 12.1 Å². The van der Waals surface area contributed by atoms with Gasteiger partial charge in [-0.1, -0.05) is 6.92 Å². The van der Waals surface area contributed by atoms with E-state index in [1.165, 1.54) is 13.2 Å². The summed E-state index contributed by atoms with van der Waals surface area (Å²) in [5.74, 6) is 0.370. The Hall–Kier alpha value is -1.18. The molecular formula is C13H23N3O3S. The first kappa shape index (κ1) is 16.9. The largest absolute Gasteiger partial charge is 0.383 e. The standard InChI is InChI=1S/C13H23N3O3S/c1-5-8-14-12-11(7-6-9-15-12)20(17,18)16-13(2,3)10-19-4/h6-7,9,16H,5,8,10H2,1-4H3,(H,14,15). The molecule has 0 atom stereocenters. The molecule has 7 heteroatoms. The van der Waals surface area contributed by atoms with Gasteiger partial charge in [-0.05, 0) is 32.4 Å².